The third kappa shape index (κ3) is 2.14. The van der Waals surface area contributed by atoms with Gasteiger partial charge in [0.05, 0.1) is 30.0 Å². The van der Waals surface area contributed by atoms with E-state index in [0.717, 1.165) is 11.1 Å². The number of hydrogen-bond acceptors (Lipinski definition) is 4. The van der Waals surface area contributed by atoms with Crippen LogP contribution < -0.4 is 9.64 Å². The quantitative estimate of drug-likeness (QED) is 0.789. The summed E-state index contributed by atoms with van der Waals surface area (Å²) in [6, 6.07) is 14.7. The van der Waals surface area contributed by atoms with E-state index in [-0.39, 0.29) is 23.5 Å². The molecule has 1 heterocycles. The Morgan fingerprint density at radius 3 is 2.30 bits per heavy atom. The summed E-state index contributed by atoms with van der Waals surface area (Å²) < 4.78 is 5.44. The molecule has 2 bridgehead atoms. The molecule has 4 atom stereocenters. The van der Waals surface area contributed by atoms with E-state index in [4.69, 9.17) is 4.74 Å². The topological polar surface area (TPSA) is 63.7 Å². The number of amides is 2. The van der Waals surface area contributed by atoms with E-state index in [9.17, 15) is 14.4 Å². The largest absolute Gasteiger partial charge is 0.494 e. The minimum absolute atomic E-state index is 0.0784. The Hall–Kier alpha value is -2.95. The van der Waals surface area contributed by atoms with Crippen LogP contribution in [0.15, 0.2) is 48.5 Å². The minimum atomic E-state index is -0.579. The maximum absolute atomic E-state index is 13.2. The molecule has 5 heteroatoms. The van der Waals surface area contributed by atoms with Crippen LogP contribution in [0.25, 0.3) is 0 Å². The lowest BCUT2D eigenvalue weighted by Gasteiger charge is -2.43. The van der Waals surface area contributed by atoms with E-state index in [1.807, 2.05) is 31.2 Å². The Balaban J connectivity index is 1.57. The van der Waals surface area contributed by atoms with Gasteiger partial charge in [-0.05, 0) is 42.3 Å². The summed E-state index contributed by atoms with van der Waals surface area (Å²) in [6.45, 7) is 2.45. The molecule has 3 aliphatic carbocycles. The molecule has 5 nitrogen and oxygen atoms in total. The number of hydrogen-bond donors (Lipinski definition) is 0. The third-order valence-electron chi connectivity index (χ3n) is 6.10. The van der Waals surface area contributed by atoms with Gasteiger partial charge in [0.2, 0.25) is 11.8 Å². The summed E-state index contributed by atoms with van der Waals surface area (Å²) in [5.41, 5.74) is 2.52. The predicted octanol–water partition coefficient (Wildman–Crippen LogP) is 3.04. The summed E-state index contributed by atoms with van der Waals surface area (Å²) >= 11 is 0. The first-order chi connectivity index (χ1) is 13.1. The van der Waals surface area contributed by atoms with Gasteiger partial charge in [-0.25, -0.2) is 0 Å². The number of fused-ring (bicyclic) bond motifs is 1. The van der Waals surface area contributed by atoms with Crippen LogP contribution in [-0.4, -0.2) is 24.2 Å². The van der Waals surface area contributed by atoms with Gasteiger partial charge in [-0.15, -0.1) is 0 Å². The van der Waals surface area contributed by atoms with E-state index >= 15 is 0 Å². The van der Waals surface area contributed by atoms with E-state index < -0.39 is 17.8 Å². The summed E-state index contributed by atoms with van der Waals surface area (Å²) in [6.07, 6.45) is 0.346. The Morgan fingerprint density at radius 2 is 1.59 bits per heavy atom. The number of nitrogens with zero attached hydrogens (tertiary/aromatic N) is 1. The number of Topliss-reactive ketones (excluding diaryl/α,β-unsaturated/α-hetero) is 1. The standard InChI is InChI=1S/C22H19NO4/c1-2-27-13-9-7-12(8-10-13)23-21(25)19-16-11-17(24)18(20(19)22(23)26)15-6-4-3-5-14(15)16/h3-10,16,18-20H,2,11H2,1H3/t16-,18-,19+,20-/m0/s1. The normalized spacial score (nSPS) is 28.3. The fraction of sp³-hybridized carbons (Fsp3) is 0.318. The van der Waals surface area contributed by atoms with Crippen molar-refractivity contribution in [3.63, 3.8) is 0 Å². The lowest BCUT2D eigenvalue weighted by Crippen LogP contribution is -2.44. The monoisotopic (exact) mass is 361 g/mol. The highest BCUT2D eigenvalue weighted by molar-refractivity contribution is 6.24. The number of anilines is 1. The predicted molar refractivity (Wildman–Crippen MR) is 98.6 cm³/mol. The molecule has 0 spiro atoms. The molecule has 1 aliphatic heterocycles. The van der Waals surface area contributed by atoms with Crippen molar-refractivity contribution in [3.05, 3.63) is 59.7 Å². The molecule has 0 N–H and O–H groups in total. The molecule has 136 valence electrons. The Morgan fingerprint density at radius 1 is 0.926 bits per heavy atom. The van der Waals surface area contributed by atoms with Gasteiger partial charge < -0.3 is 4.74 Å². The van der Waals surface area contributed by atoms with Crippen molar-refractivity contribution in [2.24, 2.45) is 11.8 Å². The van der Waals surface area contributed by atoms with E-state index in [1.54, 1.807) is 24.3 Å². The summed E-state index contributed by atoms with van der Waals surface area (Å²) in [5.74, 6) is -1.40. The second-order valence-corrected chi connectivity index (χ2v) is 7.37. The lowest BCUT2D eigenvalue weighted by molar-refractivity contribution is -0.134. The van der Waals surface area contributed by atoms with Gasteiger partial charge in [-0.1, -0.05) is 24.3 Å². The van der Waals surface area contributed by atoms with Crippen molar-refractivity contribution in [2.75, 3.05) is 11.5 Å². The van der Waals surface area contributed by atoms with Crippen LogP contribution in [0.5, 0.6) is 5.75 Å². The molecule has 0 radical (unpaired) electrons. The zero-order valence-corrected chi connectivity index (χ0v) is 14.9. The highest BCUT2D eigenvalue weighted by Crippen LogP contribution is 2.57. The molecule has 2 amide bonds. The van der Waals surface area contributed by atoms with Gasteiger partial charge in [-0.3, -0.25) is 19.3 Å². The van der Waals surface area contributed by atoms with Crippen LogP contribution in [0.1, 0.15) is 36.3 Å². The lowest BCUT2D eigenvalue weighted by atomic mass is 9.56. The molecule has 1 saturated heterocycles. The number of imide groups is 1. The highest BCUT2D eigenvalue weighted by Gasteiger charge is 2.62. The second kappa shape index (κ2) is 5.78. The Kier molecular flexibility index (Phi) is 3.47. The van der Waals surface area contributed by atoms with Gasteiger partial charge in [-0.2, -0.15) is 0 Å². The van der Waals surface area contributed by atoms with Crippen molar-refractivity contribution >= 4 is 23.3 Å². The highest BCUT2D eigenvalue weighted by atomic mass is 16.5. The van der Waals surface area contributed by atoms with Gasteiger partial charge in [0, 0.05) is 12.3 Å². The molecule has 2 aromatic rings. The SMILES string of the molecule is CCOc1ccc(N2C(=O)[C@@H]3[C@H](C2=O)[C@H]2CC(=O)[C@@H]3c3ccccc32)cc1. The van der Waals surface area contributed by atoms with Crippen LogP contribution >= 0.6 is 0 Å². The smallest absolute Gasteiger partial charge is 0.238 e. The zero-order chi connectivity index (χ0) is 18.7. The van der Waals surface area contributed by atoms with E-state index in [2.05, 4.69) is 0 Å². The number of ether oxygens (including phenoxy) is 1. The van der Waals surface area contributed by atoms with Gasteiger partial charge in [0.1, 0.15) is 11.5 Å². The number of benzene rings is 2. The maximum atomic E-state index is 13.2. The van der Waals surface area contributed by atoms with E-state index in [1.165, 1.54) is 4.90 Å². The molecule has 1 saturated carbocycles. The molecule has 2 fully saturated rings. The average Bonchev–Trinajstić information content (AvgIpc) is 2.95. The van der Waals surface area contributed by atoms with Crippen molar-refractivity contribution in [3.8, 4) is 5.75 Å². The molecule has 6 rings (SSSR count). The number of carbonyl (C=O) groups excluding carboxylic acids is 3. The van der Waals surface area contributed by atoms with Gasteiger partial charge >= 0.3 is 0 Å². The molecule has 2 aromatic carbocycles. The van der Waals surface area contributed by atoms with Crippen LogP contribution in [0, 0.1) is 11.8 Å². The van der Waals surface area contributed by atoms with Crippen molar-refractivity contribution in [2.45, 2.75) is 25.2 Å². The van der Waals surface area contributed by atoms with Crippen LogP contribution in [0.3, 0.4) is 0 Å². The Labute approximate surface area is 156 Å². The summed E-state index contributed by atoms with van der Waals surface area (Å²) in [4.78, 5) is 40.4. The fourth-order valence-electron chi connectivity index (χ4n) is 5.07. The molecular formula is C22H19NO4. The molecular weight excluding hydrogens is 342 g/mol. The first-order valence-electron chi connectivity index (χ1n) is 9.34. The number of carbonyl (C=O) groups is 3. The second-order valence-electron chi connectivity index (χ2n) is 7.37. The zero-order valence-electron chi connectivity index (χ0n) is 14.9. The molecule has 0 aromatic heterocycles. The average molecular weight is 361 g/mol. The number of rotatable bonds is 3. The number of ketones is 1. The first-order valence-corrected chi connectivity index (χ1v) is 9.34. The van der Waals surface area contributed by atoms with Crippen molar-refractivity contribution in [1.29, 1.82) is 0 Å². The summed E-state index contributed by atoms with van der Waals surface area (Å²) in [5, 5.41) is 0. The third-order valence-corrected chi connectivity index (χ3v) is 6.10. The van der Waals surface area contributed by atoms with Crippen LogP contribution in [0.2, 0.25) is 0 Å². The van der Waals surface area contributed by atoms with Crippen molar-refractivity contribution < 1.29 is 19.1 Å². The molecule has 27 heavy (non-hydrogen) atoms. The molecule has 4 aliphatic rings. The fourth-order valence-corrected chi connectivity index (χ4v) is 5.07. The van der Waals surface area contributed by atoms with Gasteiger partial charge in [0.25, 0.3) is 0 Å². The van der Waals surface area contributed by atoms with Crippen LogP contribution in [0.4, 0.5) is 5.69 Å². The minimum Gasteiger partial charge on any atom is -0.494 e. The van der Waals surface area contributed by atoms with E-state index in [0.29, 0.717) is 24.5 Å². The van der Waals surface area contributed by atoms with Gasteiger partial charge in [0.15, 0.2) is 0 Å². The van der Waals surface area contributed by atoms with Crippen molar-refractivity contribution in [1.82, 2.24) is 0 Å². The summed E-state index contributed by atoms with van der Waals surface area (Å²) in [7, 11) is 0. The first kappa shape index (κ1) is 16.2. The van der Waals surface area contributed by atoms with Crippen LogP contribution in [-0.2, 0) is 14.4 Å². The Bertz CT molecular complexity index is 965. The molecule has 0 unspecified atom stereocenters. The maximum Gasteiger partial charge on any atom is 0.238 e.